The third kappa shape index (κ3) is 2.30. The van der Waals surface area contributed by atoms with E-state index in [0.717, 1.165) is 11.3 Å². The minimum absolute atomic E-state index is 0.0609. The van der Waals surface area contributed by atoms with Gasteiger partial charge < -0.3 is 0 Å². The molecule has 0 spiro atoms. The molecule has 0 bridgehead atoms. The molecule has 19 heavy (non-hydrogen) atoms. The molecule has 1 aliphatic carbocycles. The Morgan fingerprint density at radius 3 is 2.47 bits per heavy atom. The smallest absolute Gasteiger partial charge is 0.194 e. The van der Waals surface area contributed by atoms with Gasteiger partial charge in [0.1, 0.15) is 0 Å². The van der Waals surface area contributed by atoms with Gasteiger partial charge in [-0.3, -0.25) is 9.78 Å². The first-order valence-electron chi connectivity index (χ1n) is 6.82. The maximum atomic E-state index is 12.4. The number of aromatic nitrogens is 1. The molecule has 0 atom stereocenters. The Labute approximate surface area is 113 Å². The zero-order valence-corrected chi connectivity index (χ0v) is 11.1. The summed E-state index contributed by atoms with van der Waals surface area (Å²) in [5.41, 5.74) is 3.60. The number of benzene rings is 1. The second-order valence-corrected chi connectivity index (χ2v) is 5.22. The van der Waals surface area contributed by atoms with Crippen molar-refractivity contribution in [3.63, 3.8) is 0 Å². The Bertz CT molecular complexity index is 597. The van der Waals surface area contributed by atoms with E-state index in [1.165, 1.54) is 24.8 Å². The number of ketones is 1. The van der Waals surface area contributed by atoms with E-state index in [-0.39, 0.29) is 5.78 Å². The second kappa shape index (κ2) is 4.96. The molecule has 96 valence electrons. The van der Waals surface area contributed by atoms with Gasteiger partial charge in [-0.2, -0.15) is 0 Å². The molecule has 2 aromatic rings. The molecule has 1 heterocycles. The van der Waals surface area contributed by atoms with Gasteiger partial charge in [-0.05, 0) is 43.4 Å². The minimum atomic E-state index is 0.0609. The van der Waals surface area contributed by atoms with Gasteiger partial charge in [0.05, 0.1) is 0 Å². The van der Waals surface area contributed by atoms with Gasteiger partial charge in [0.15, 0.2) is 5.78 Å². The van der Waals surface area contributed by atoms with Gasteiger partial charge >= 0.3 is 0 Å². The van der Waals surface area contributed by atoms with Crippen LogP contribution in [0.5, 0.6) is 0 Å². The molecule has 1 saturated carbocycles. The highest BCUT2D eigenvalue weighted by Crippen LogP contribution is 2.36. The lowest BCUT2D eigenvalue weighted by molar-refractivity contribution is 0.103. The zero-order valence-electron chi connectivity index (χ0n) is 11.1. The van der Waals surface area contributed by atoms with E-state index in [9.17, 15) is 4.79 Å². The molecule has 0 radical (unpaired) electrons. The summed E-state index contributed by atoms with van der Waals surface area (Å²) in [5.74, 6) is 0.773. The van der Waals surface area contributed by atoms with Crippen LogP contribution in [0.4, 0.5) is 0 Å². The summed E-state index contributed by atoms with van der Waals surface area (Å²) in [7, 11) is 0. The van der Waals surface area contributed by atoms with Crippen molar-refractivity contribution in [2.75, 3.05) is 0 Å². The molecule has 2 heteroatoms. The first-order chi connectivity index (χ1) is 9.25. The summed E-state index contributed by atoms with van der Waals surface area (Å²) in [6, 6.07) is 11.7. The number of pyridine rings is 1. The third-order valence-corrected chi connectivity index (χ3v) is 4.00. The van der Waals surface area contributed by atoms with E-state index < -0.39 is 0 Å². The molecule has 0 saturated heterocycles. The highest BCUT2D eigenvalue weighted by Gasteiger charge is 2.19. The molecule has 1 aliphatic rings. The van der Waals surface area contributed by atoms with E-state index in [2.05, 4.69) is 17.1 Å². The monoisotopic (exact) mass is 251 g/mol. The van der Waals surface area contributed by atoms with Gasteiger partial charge in [0.25, 0.3) is 0 Å². The topological polar surface area (TPSA) is 30.0 Å². The van der Waals surface area contributed by atoms with Crippen LogP contribution in [0, 0.1) is 6.92 Å². The summed E-state index contributed by atoms with van der Waals surface area (Å²) in [5, 5.41) is 0. The molecule has 3 rings (SSSR count). The number of aryl methyl sites for hydroxylation is 1. The number of hydrogen-bond acceptors (Lipinski definition) is 2. The maximum Gasteiger partial charge on any atom is 0.194 e. The fourth-order valence-corrected chi connectivity index (χ4v) is 2.53. The Balaban J connectivity index is 1.86. The molecule has 1 aromatic heterocycles. The molecular weight excluding hydrogens is 234 g/mol. The lowest BCUT2D eigenvalue weighted by Gasteiger charge is -2.25. The van der Waals surface area contributed by atoms with E-state index in [4.69, 9.17) is 0 Å². The van der Waals surface area contributed by atoms with Crippen molar-refractivity contribution >= 4 is 5.78 Å². The minimum Gasteiger partial charge on any atom is -0.289 e. The number of rotatable bonds is 3. The van der Waals surface area contributed by atoms with Crippen molar-refractivity contribution in [2.24, 2.45) is 0 Å². The summed E-state index contributed by atoms with van der Waals surface area (Å²) in [6.07, 6.45) is 5.62. The molecule has 1 aromatic carbocycles. The standard InChI is InChI=1S/C17H17NO/c1-12-16(6-3-11-18-12)17(19)15-9-7-14(8-10-15)13-4-2-5-13/h3,6-11,13H,2,4-5H2,1H3. The van der Waals surface area contributed by atoms with Crippen molar-refractivity contribution < 1.29 is 4.79 Å². The third-order valence-electron chi connectivity index (χ3n) is 4.00. The maximum absolute atomic E-state index is 12.4. The Hall–Kier alpha value is -1.96. The summed E-state index contributed by atoms with van der Waals surface area (Å²) >= 11 is 0. The lowest BCUT2D eigenvalue weighted by Crippen LogP contribution is -2.09. The van der Waals surface area contributed by atoms with Crippen LogP contribution in [-0.2, 0) is 0 Å². The number of nitrogens with zero attached hydrogens (tertiary/aromatic N) is 1. The van der Waals surface area contributed by atoms with E-state index in [1.807, 2.05) is 31.2 Å². The van der Waals surface area contributed by atoms with Crippen LogP contribution in [0.1, 0.15) is 52.4 Å². The van der Waals surface area contributed by atoms with Crippen molar-refractivity contribution in [2.45, 2.75) is 32.1 Å². The highest BCUT2D eigenvalue weighted by molar-refractivity contribution is 6.09. The average Bonchev–Trinajstić information content (AvgIpc) is 2.37. The first-order valence-corrected chi connectivity index (χ1v) is 6.82. The summed E-state index contributed by atoms with van der Waals surface area (Å²) < 4.78 is 0. The fraction of sp³-hybridized carbons (Fsp3) is 0.294. The molecule has 0 N–H and O–H groups in total. The van der Waals surface area contributed by atoms with E-state index in [1.54, 1.807) is 6.20 Å². The van der Waals surface area contributed by atoms with Gasteiger partial charge in [-0.25, -0.2) is 0 Å². The molecule has 2 nitrogen and oxygen atoms in total. The van der Waals surface area contributed by atoms with Crippen molar-refractivity contribution in [1.82, 2.24) is 4.98 Å². The lowest BCUT2D eigenvalue weighted by atomic mass is 9.80. The van der Waals surface area contributed by atoms with Crippen molar-refractivity contribution in [3.8, 4) is 0 Å². The van der Waals surface area contributed by atoms with Crippen LogP contribution < -0.4 is 0 Å². The predicted molar refractivity (Wildman–Crippen MR) is 75.4 cm³/mol. The van der Waals surface area contributed by atoms with E-state index in [0.29, 0.717) is 11.5 Å². The van der Waals surface area contributed by atoms with Crippen molar-refractivity contribution in [3.05, 3.63) is 65.0 Å². The number of carbonyl (C=O) groups is 1. The molecule has 0 unspecified atom stereocenters. The summed E-state index contributed by atoms with van der Waals surface area (Å²) in [6.45, 7) is 1.87. The Morgan fingerprint density at radius 1 is 1.16 bits per heavy atom. The second-order valence-electron chi connectivity index (χ2n) is 5.22. The first kappa shape index (κ1) is 12.1. The number of carbonyl (C=O) groups excluding carboxylic acids is 1. The van der Waals surface area contributed by atoms with Crippen LogP contribution in [0.25, 0.3) is 0 Å². The average molecular weight is 251 g/mol. The predicted octanol–water partition coefficient (Wildman–Crippen LogP) is 3.89. The SMILES string of the molecule is Cc1ncccc1C(=O)c1ccc(C2CCC2)cc1. The van der Waals surface area contributed by atoms with Crippen LogP contribution in [0.15, 0.2) is 42.6 Å². The molecule has 0 amide bonds. The van der Waals surface area contributed by atoms with Crippen molar-refractivity contribution in [1.29, 1.82) is 0 Å². The quantitative estimate of drug-likeness (QED) is 0.775. The van der Waals surface area contributed by atoms with Gasteiger partial charge in [0, 0.05) is 23.0 Å². The van der Waals surface area contributed by atoms with Gasteiger partial charge in [-0.1, -0.05) is 30.7 Å². The van der Waals surface area contributed by atoms with Crippen LogP contribution in [0.2, 0.25) is 0 Å². The number of hydrogen-bond donors (Lipinski definition) is 0. The molecular formula is C17H17NO. The molecule has 1 fully saturated rings. The fourth-order valence-electron chi connectivity index (χ4n) is 2.53. The van der Waals surface area contributed by atoms with Crippen LogP contribution >= 0.6 is 0 Å². The zero-order chi connectivity index (χ0) is 13.2. The Morgan fingerprint density at radius 2 is 1.89 bits per heavy atom. The van der Waals surface area contributed by atoms with Crippen LogP contribution in [0.3, 0.4) is 0 Å². The van der Waals surface area contributed by atoms with Gasteiger partial charge in [-0.15, -0.1) is 0 Å². The summed E-state index contributed by atoms with van der Waals surface area (Å²) in [4.78, 5) is 16.6. The largest absolute Gasteiger partial charge is 0.289 e. The highest BCUT2D eigenvalue weighted by atomic mass is 16.1. The van der Waals surface area contributed by atoms with Gasteiger partial charge in [0.2, 0.25) is 0 Å². The Kier molecular flexibility index (Phi) is 3.16. The molecule has 0 aliphatic heterocycles. The normalized spacial score (nSPS) is 15.0. The van der Waals surface area contributed by atoms with Crippen LogP contribution in [-0.4, -0.2) is 10.8 Å². The van der Waals surface area contributed by atoms with E-state index >= 15 is 0 Å².